The summed E-state index contributed by atoms with van der Waals surface area (Å²) in [7, 11) is 1.97. The zero-order valence-electron chi connectivity index (χ0n) is 10.2. The first kappa shape index (κ1) is 13.9. The maximum Gasteiger partial charge on any atom is 0.264 e. The van der Waals surface area contributed by atoms with Crippen molar-refractivity contribution in [1.82, 2.24) is 4.90 Å². The van der Waals surface area contributed by atoms with Crippen molar-refractivity contribution in [3.63, 3.8) is 0 Å². The van der Waals surface area contributed by atoms with Crippen LogP contribution in [-0.2, 0) is 0 Å². The van der Waals surface area contributed by atoms with Crippen molar-refractivity contribution in [2.24, 2.45) is 11.7 Å². The van der Waals surface area contributed by atoms with Gasteiger partial charge in [-0.3, -0.25) is 4.90 Å². The lowest BCUT2D eigenvalue weighted by molar-refractivity contribution is 0.147. The Balaban J connectivity index is 2.35. The normalized spacial score (nSPS) is 25.0. The smallest absolute Gasteiger partial charge is 0.264 e. The van der Waals surface area contributed by atoms with Gasteiger partial charge in [-0.15, -0.1) is 0 Å². The van der Waals surface area contributed by atoms with Crippen LogP contribution in [-0.4, -0.2) is 25.0 Å². The molecule has 0 amide bonds. The molecule has 2 unspecified atom stereocenters. The number of hydrogen-bond donors (Lipinski definition) is 1. The van der Waals surface area contributed by atoms with Crippen LogP contribution >= 0.6 is 15.9 Å². The van der Waals surface area contributed by atoms with Gasteiger partial charge in [-0.25, -0.2) is 8.78 Å². The van der Waals surface area contributed by atoms with Gasteiger partial charge >= 0.3 is 0 Å². The van der Waals surface area contributed by atoms with Crippen LogP contribution in [0.2, 0.25) is 0 Å². The van der Waals surface area contributed by atoms with E-state index >= 15 is 0 Å². The molecule has 1 aromatic rings. The number of nitrogens with two attached hydrogens (primary N) is 1. The van der Waals surface area contributed by atoms with Gasteiger partial charge in [0.15, 0.2) is 0 Å². The minimum Gasteiger partial charge on any atom is -0.330 e. The second-order valence-corrected chi connectivity index (χ2v) is 5.78. The molecule has 1 heterocycles. The summed E-state index contributed by atoms with van der Waals surface area (Å²) in [5, 5.41) is 0. The summed E-state index contributed by atoms with van der Waals surface area (Å²) in [6, 6.07) is 5.02. The molecule has 0 bridgehead atoms. The molecule has 18 heavy (non-hydrogen) atoms. The van der Waals surface area contributed by atoms with Crippen LogP contribution in [0.3, 0.4) is 0 Å². The summed E-state index contributed by atoms with van der Waals surface area (Å²) in [6.07, 6.45) is -1.58. The summed E-state index contributed by atoms with van der Waals surface area (Å²) >= 11 is 3.36. The summed E-state index contributed by atoms with van der Waals surface area (Å²) in [5.74, 6) is 0.393. The molecule has 2 atom stereocenters. The minimum absolute atomic E-state index is 0.0417. The Morgan fingerprint density at radius 3 is 2.78 bits per heavy atom. The molecular weight excluding hydrogens is 302 g/mol. The van der Waals surface area contributed by atoms with Gasteiger partial charge in [0.25, 0.3) is 6.43 Å². The van der Waals surface area contributed by atoms with E-state index < -0.39 is 6.43 Å². The lowest BCUT2D eigenvalue weighted by Crippen LogP contribution is -2.21. The molecule has 2 N–H and O–H groups in total. The van der Waals surface area contributed by atoms with Gasteiger partial charge < -0.3 is 5.73 Å². The van der Waals surface area contributed by atoms with Crippen molar-refractivity contribution < 1.29 is 8.78 Å². The largest absolute Gasteiger partial charge is 0.330 e. The summed E-state index contributed by atoms with van der Waals surface area (Å²) < 4.78 is 27.0. The molecule has 1 aromatic carbocycles. The van der Waals surface area contributed by atoms with Crippen LogP contribution in [0.4, 0.5) is 8.78 Å². The molecule has 5 heteroatoms. The van der Waals surface area contributed by atoms with Crippen molar-refractivity contribution in [2.45, 2.75) is 18.9 Å². The highest BCUT2D eigenvalue weighted by atomic mass is 79.9. The first-order valence-corrected chi connectivity index (χ1v) is 6.80. The number of halogens is 3. The van der Waals surface area contributed by atoms with E-state index in [0.717, 1.165) is 23.0 Å². The molecule has 0 aliphatic carbocycles. The zero-order chi connectivity index (χ0) is 13.3. The lowest BCUT2D eigenvalue weighted by Gasteiger charge is -2.22. The molecule has 0 saturated carbocycles. The van der Waals surface area contributed by atoms with E-state index in [2.05, 4.69) is 20.8 Å². The highest BCUT2D eigenvalue weighted by Gasteiger charge is 2.32. The number of alkyl halides is 2. The highest BCUT2D eigenvalue weighted by molar-refractivity contribution is 9.10. The standard InChI is InChI=1S/C13H17BrF2N2/c1-18-7-8(6-17)4-12(18)11-5-9(14)2-3-10(11)13(15)16/h2-3,5,8,12-13H,4,6-7,17H2,1H3. The first-order chi connectivity index (χ1) is 8.52. The van der Waals surface area contributed by atoms with Crippen LogP contribution < -0.4 is 5.73 Å². The molecule has 2 rings (SSSR count). The minimum atomic E-state index is -2.43. The molecule has 0 aromatic heterocycles. The summed E-state index contributed by atoms with van der Waals surface area (Å²) in [6.45, 7) is 1.48. The van der Waals surface area contributed by atoms with E-state index in [0.29, 0.717) is 12.5 Å². The second-order valence-electron chi connectivity index (χ2n) is 4.87. The average molecular weight is 319 g/mol. The van der Waals surface area contributed by atoms with Crippen molar-refractivity contribution >= 4 is 15.9 Å². The van der Waals surface area contributed by atoms with Gasteiger partial charge in [0.05, 0.1) is 0 Å². The van der Waals surface area contributed by atoms with E-state index in [1.165, 1.54) is 6.07 Å². The number of nitrogens with zero attached hydrogens (tertiary/aromatic N) is 1. The molecule has 100 valence electrons. The van der Waals surface area contributed by atoms with Crippen molar-refractivity contribution in [3.8, 4) is 0 Å². The highest BCUT2D eigenvalue weighted by Crippen LogP contribution is 2.39. The third kappa shape index (κ3) is 2.73. The average Bonchev–Trinajstić information content (AvgIpc) is 2.70. The Kier molecular flexibility index (Phi) is 4.35. The SMILES string of the molecule is CN1CC(CN)CC1c1cc(Br)ccc1C(F)F. The van der Waals surface area contributed by atoms with E-state index in [1.807, 2.05) is 13.1 Å². The van der Waals surface area contributed by atoms with Crippen LogP contribution in [0.5, 0.6) is 0 Å². The maximum atomic E-state index is 13.1. The monoisotopic (exact) mass is 318 g/mol. The Bertz CT molecular complexity index is 425. The molecule has 1 aliphatic rings. The Hall–Kier alpha value is -0.520. The van der Waals surface area contributed by atoms with E-state index in [-0.39, 0.29) is 11.6 Å². The molecule has 0 spiro atoms. The first-order valence-electron chi connectivity index (χ1n) is 6.00. The predicted molar refractivity (Wildman–Crippen MR) is 71.6 cm³/mol. The third-order valence-electron chi connectivity index (χ3n) is 3.61. The Morgan fingerprint density at radius 2 is 2.22 bits per heavy atom. The fourth-order valence-corrected chi connectivity index (χ4v) is 3.05. The van der Waals surface area contributed by atoms with Crippen LogP contribution in [0, 0.1) is 5.92 Å². The molecule has 1 saturated heterocycles. The Morgan fingerprint density at radius 1 is 1.50 bits per heavy atom. The van der Waals surface area contributed by atoms with Crippen LogP contribution in [0.1, 0.15) is 30.0 Å². The number of likely N-dealkylation sites (tertiary alicyclic amines) is 1. The van der Waals surface area contributed by atoms with E-state index in [9.17, 15) is 8.78 Å². The van der Waals surface area contributed by atoms with Gasteiger partial charge in [0, 0.05) is 22.6 Å². The van der Waals surface area contributed by atoms with E-state index in [1.54, 1.807) is 6.07 Å². The summed E-state index contributed by atoms with van der Waals surface area (Å²) in [5.41, 5.74) is 6.53. The fourth-order valence-electron chi connectivity index (χ4n) is 2.67. The number of hydrogen-bond acceptors (Lipinski definition) is 2. The van der Waals surface area contributed by atoms with Gasteiger partial charge in [-0.2, -0.15) is 0 Å². The van der Waals surface area contributed by atoms with Crippen molar-refractivity contribution in [3.05, 3.63) is 33.8 Å². The number of benzene rings is 1. The molecule has 2 nitrogen and oxygen atoms in total. The van der Waals surface area contributed by atoms with E-state index in [4.69, 9.17) is 5.73 Å². The van der Waals surface area contributed by atoms with Gasteiger partial charge in [0.1, 0.15) is 0 Å². The predicted octanol–water partition coefficient (Wildman–Crippen LogP) is 3.34. The van der Waals surface area contributed by atoms with Crippen LogP contribution in [0.15, 0.2) is 22.7 Å². The zero-order valence-corrected chi connectivity index (χ0v) is 11.8. The lowest BCUT2D eigenvalue weighted by atomic mass is 9.96. The molecule has 0 radical (unpaired) electrons. The topological polar surface area (TPSA) is 29.3 Å². The van der Waals surface area contributed by atoms with Crippen molar-refractivity contribution in [1.29, 1.82) is 0 Å². The summed E-state index contributed by atoms with van der Waals surface area (Å²) in [4.78, 5) is 2.12. The molecule has 1 aliphatic heterocycles. The third-order valence-corrected chi connectivity index (χ3v) is 4.10. The van der Waals surface area contributed by atoms with Crippen LogP contribution in [0.25, 0.3) is 0 Å². The van der Waals surface area contributed by atoms with Gasteiger partial charge in [-0.05, 0) is 43.6 Å². The Labute approximate surface area is 114 Å². The van der Waals surface area contributed by atoms with Crippen molar-refractivity contribution in [2.75, 3.05) is 20.1 Å². The van der Waals surface area contributed by atoms with Gasteiger partial charge in [-0.1, -0.05) is 22.0 Å². The maximum absolute atomic E-state index is 13.1. The van der Waals surface area contributed by atoms with Gasteiger partial charge in [0.2, 0.25) is 0 Å². The quantitative estimate of drug-likeness (QED) is 0.926. The number of rotatable bonds is 3. The fraction of sp³-hybridized carbons (Fsp3) is 0.538. The molecular formula is C13H17BrF2N2. The molecule has 1 fully saturated rings. The second kappa shape index (κ2) is 5.63.